The van der Waals surface area contributed by atoms with Crippen LogP contribution >= 0.6 is 11.6 Å². The molecule has 1 aromatic rings. The highest BCUT2D eigenvalue weighted by Crippen LogP contribution is 2.10. The molecule has 0 heterocycles. The van der Waals surface area contributed by atoms with Crippen LogP contribution in [0.25, 0.3) is 0 Å². The Morgan fingerprint density at radius 3 is 2.26 bits per heavy atom. The van der Waals surface area contributed by atoms with E-state index in [1.54, 1.807) is 38.1 Å². The molecule has 7 heteroatoms. The molecule has 1 unspecified atom stereocenters. The first-order chi connectivity index (χ1) is 10.8. The summed E-state index contributed by atoms with van der Waals surface area (Å²) in [6.07, 6.45) is -0.0622. The van der Waals surface area contributed by atoms with Crippen molar-refractivity contribution < 1.29 is 19.5 Å². The third kappa shape index (κ3) is 7.65. The van der Waals surface area contributed by atoms with Crippen molar-refractivity contribution in [3.8, 4) is 0 Å². The molecule has 0 saturated carbocycles. The Hall–Kier alpha value is -2.08. The highest BCUT2D eigenvalue weighted by atomic mass is 35.5. The predicted molar refractivity (Wildman–Crippen MR) is 87.2 cm³/mol. The third-order valence-corrected chi connectivity index (χ3v) is 3.26. The standard InChI is InChI=1S/C16H21ClN2O4/c1-10(2)18-16(23)13(7-8-15(21)22)19-14(20)9-11-3-5-12(17)6-4-11/h3-6,10,13H,7-9H2,1-2H3,(H,18,23)(H,19,20)(H,21,22). The van der Waals surface area contributed by atoms with E-state index in [-0.39, 0.29) is 37.1 Å². The molecule has 126 valence electrons. The summed E-state index contributed by atoms with van der Waals surface area (Å²) in [5, 5.41) is 14.6. The Bertz CT molecular complexity index is 558. The van der Waals surface area contributed by atoms with E-state index in [9.17, 15) is 14.4 Å². The minimum absolute atomic E-state index is 0.0419. The van der Waals surface area contributed by atoms with Crippen LogP contribution in [0.2, 0.25) is 5.02 Å². The fourth-order valence-corrected chi connectivity index (χ4v) is 2.08. The summed E-state index contributed by atoms with van der Waals surface area (Å²) in [6, 6.07) is 5.84. The van der Waals surface area contributed by atoms with E-state index in [1.807, 2.05) is 0 Å². The summed E-state index contributed by atoms with van der Waals surface area (Å²) in [7, 11) is 0. The highest BCUT2D eigenvalue weighted by Gasteiger charge is 2.22. The summed E-state index contributed by atoms with van der Waals surface area (Å²) in [5.74, 6) is -1.74. The van der Waals surface area contributed by atoms with Gasteiger partial charge in [-0.1, -0.05) is 23.7 Å². The number of halogens is 1. The van der Waals surface area contributed by atoms with E-state index in [2.05, 4.69) is 10.6 Å². The first-order valence-corrected chi connectivity index (χ1v) is 7.71. The minimum atomic E-state index is -1.01. The number of carbonyl (C=O) groups is 3. The third-order valence-electron chi connectivity index (χ3n) is 3.01. The summed E-state index contributed by atoms with van der Waals surface area (Å²) in [4.78, 5) is 34.8. The minimum Gasteiger partial charge on any atom is -0.481 e. The zero-order chi connectivity index (χ0) is 17.4. The van der Waals surface area contributed by atoms with Gasteiger partial charge in [0.1, 0.15) is 6.04 Å². The number of amides is 2. The maximum atomic E-state index is 12.1. The predicted octanol–water partition coefficient (Wildman–Crippen LogP) is 1.76. The molecule has 2 amide bonds. The van der Waals surface area contributed by atoms with Crippen LogP contribution in [-0.4, -0.2) is 35.0 Å². The number of hydrogen-bond donors (Lipinski definition) is 3. The number of rotatable bonds is 8. The van der Waals surface area contributed by atoms with E-state index in [0.717, 1.165) is 5.56 Å². The van der Waals surface area contributed by atoms with Crippen molar-refractivity contribution in [1.82, 2.24) is 10.6 Å². The largest absolute Gasteiger partial charge is 0.481 e. The summed E-state index contributed by atoms with van der Waals surface area (Å²) < 4.78 is 0. The van der Waals surface area contributed by atoms with Crippen LogP contribution in [0.5, 0.6) is 0 Å². The van der Waals surface area contributed by atoms with E-state index in [1.165, 1.54) is 0 Å². The quantitative estimate of drug-likeness (QED) is 0.672. The molecule has 0 saturated heterocycles. The first kappa shape index (κ1) is 19.0. The maximum Gasteiger partial charge on any atom is 0.303 e. The monoisotopic (exact) mass is 340 g/mol. The van der Waals surface area contributed by atoms with Crippen LogP contribution in [0.3, 0.4) is 0 Å². The smallest absolute Gasteiger partial charge is 0.303 e. The Kier molecular flexibility index (Phi) is 7.54. The van der Waals surface area contributed by atoms with Gasteiger partial charge < -0.3 is 15.7 Å². The number of carboxylic acids is 1. The molecule has 1 aromatic carbocycles. The highest BCUT2D eigenvalue weighted by molar-refractivity contribution is 6.30. The lowest BCUT2D eigenvalue weighted by Gasteiger charge is -2.19. The molecule has 3 N–H and O–H groups in total. The molecule has 0 spiro atoms. The van der Waals surface area contributed by atoms with Gasteiger partial charge in [0.05, 0.1) is 6.42 Å². The van der Waals surface area contributed by atoms with Gasteiger partial charge in [0.25, 0.3) is 0 Å². The van der Waals surface area contributed by atoms with Gasteiger partial charge in [-0.05, 0) is 38.0 Å². The fraction of sp³-hybridized carbons (Fsp3) is 0.438. The Labute approximate surface area is 140 Å². The molecule has 0 radical (unpaired) electrons. The maximum absolute atomic E-state index is 12.1. The molecule has 0 fully saturated rings. The lowest BCUT2D eigenvalue weighted by Crippen LogP contribution is -2.49. The van der Waals surface area contributed by atoms with Crippen LogP contribution in [0, 0.1) is 0 Å². The van der Waals surface area contributed by atoms with E-state index >= 15 is 0 Å². The second-order valence-electron chi connectivity index (χ2n) is 5.52. The zero-order valence-corrected chi connectivity index (χ0v) is 13.9. The Morgan fingerprint density at radius 2 is 1.74 bits per heavy atom. The molecule has 0 aromatic heterocycles. The summed E-state index contributed by atoms with van der Waals surface area (Å²) >= 11 is 5.78. The van der Waals surface area contributed by atoms with E-state index in [4.69, 9.17) is 16.7 Å². The van der Waals surface area contributed by atoms with Crippen LogP contribution < -0.4 is 10.6 Å². The molecular weight excluding hydrogens is 320 g/mol. The molecule has 6 nitrogen and oxygen atoms in total. The molecule has 0 aliphatic heterocycles. The Balaban J connectivity index is 2.66. The van der Waals surface area contributed by atoms with Gasteiger partial charge in [0.2, 0.25) is 11.8 Å². The van der Waals surface area contributed by atoms with Crippen molar-refractivity contribution in [3.05, 3.63) is 34.9 Å². The average molecular weight is 341 g/mol. The van der Waals surface area contributed by atoms with Crippen molar-refractivity contribution in [1.29, 1.82) is 0 Å². The van der Waals surface area contributed by atoms with Crippen molar-refractivity contribution in [3.63, 3.8) is 0 Å². The van der Waals surface area contributed by atoms with Crippen molar-refractivity contribution >= 4 is 29.4 Å². The average Bonchev–Trinajstić information content (AvgIpc) is 2.44. The summed E-state index contributed by atoms with van der Waals surface area (Å²) in [6.45, 7) is 3.59. The molecule has 0 aliphatic carbocycles. The van der Waals surface area contributed by atoms with Gasteiger partial charge in [0, 0.05) is 17.5 Å². The van der Waals surface area contributed by atoms with Crippen molar-refractivity contribution in [2.45, 2.75) is 45.2 Å². The second kappa shape index (κ2) is 9.15. The SMILES string of the molecule is CC(C)NC(=O)C(CCC(=O)O)NC(=O)Cc1ccc(Cl)cc1. The number of carboxylic acid groups (broad SMARTS) is 1. The molecule has 23 heavy (non-hydrogen) atoms. The first-order valence-electron chi connectivity index (χ1n) is 7.34. The zero-order valence-electron chi connectivity index (χ0n) is 13.1. The molecule has 0 aliphatic rings. The van der Waals surface area contributed by atoms with Crippen LogP contribution in [0.15, 0.2) is 24.3 Å². The van der Waals surface area contributed by atoms with Crippen molar-refractivity contribution in [2.24, 2.45) is 0 Å². The number of carbonyl (C=O) groups excluding carboxylic acids is 2. The van der Waals surface area contributed by atoms with Gasteiger partial charge in [-0.3, -0.25) is 14.4 Å². The molecule has 1 rings (SSSR count). The normalized spacial score (nSPS) is 11.8. The second-order valence-corrected chi connectivity index (χ2v) is 5.96. The van der Waals surface area contributed by atoms with E-state index in [0.29, 0.717) is 5.02 Å². The van der Waals surface area contributed by atoms with Crippen LogP contribution in [0.1, 0.15) is 32.3 Å². The topological polar surface area (TPSA) is 95.5 Å². The molecular formula is C16H21ClN2O4. The Morgan fingerprint density at radius 1 is 1.13 bits per heavy atom. The lowest BCUT2D eigenvalue weighted by molar-refractivity contribution is -0.138. The van der Waals surface area contributed by atoms with Gasteiger partial charge in [0.15, 0.2) is 0 Å². The summed E-state index contributed by atoms with van der Waals surface area (Å²) in [5.41, 5.74) is 0.758. The van der Waals surface area contributed by atoms with Gasteiger partial charge in [-0.2, -0.15) is 0 Å². The fourth-order valence-electron chi connectivity index (χ4n) is 1.95. The van der Waals surface area contributed by atoms with E-state index < -0.39 is 12.0 Å². The molecule has 0 bridgehead atoms. The van der Waals surface area contributed by atoms with Crippen LogP contribution in [0.4, 0.5) is 0 Å². The van der Waals surface area contributed by atoms with Gasteiger partial charge in [-0.15, -0.1) is 0 Å². The number of hydrogen-bond acceptors (Lipinski definition) is 3. The molecule has 1 atom stereocenters. The van der Waals surface area contributed by atoms with Gasteiger partial charge in [-0.25, -0.2) is 0 Å². The lowest BCUT2D eigenvalue weighted by atomic mass is 10.1. The van der Waals surface area contributed by atoms with Crippen molar-refractivity contribution in [2.75, 3.05) is 0 Å². The number of benzene rings is 1. The number of nitrogens with one attached hydrogen (secondary N) is 2. The van der Waals surface area contributed by atoms with Gasteiger partial charge >= 0.3 is 5.97 Å². The van der Waals surface area contributed by atoms with Crippen LogP contribution in [-0.2, 0) is 20.8 Å². The number of aliphatic carboxylic acids is 1.